The first kappa shape index (κ1) is 24.8. The Kier molecular flexibility index (Phi) is 6.80. The van der Waals surface area contributed by atoms with Crippen LogP contribution in [0.25, 0.3) is 5.69 Å². The first-order valence-corrected chi connectivity index (χ1v) is 14.3. The van der Waals surface area contributed by atoms with Crippen LogP contribution in [-0.2, 0) is 16.4 Å². The number of hydrogen-bond acceptors (Lipinski definition) is 6. The van der Waals surface area contributed by atoms with Crippen LogP contribution in [0.3, 0.4) is 0 Å². The van der Waals surface area contributed by atoms with Gasteiger partial charge in [-0.25, -0.2) is 8.42 Å². The van der Waals surface area contributed by atoms with Crippen LogP contribution in [0.2, 0.25) is 5.02 Å². The van der Waals surface area contributed by atoms with Gasteiger partial charge in [-0.2, -0.15) is 14.1 Å². The number of aromatic nitrogens is 2. The molecule has 36 heavy (non-hydrogen) atoms. The third-order valence-corrected chi connectivity index (χ3v) is 8.49. The van der Waals surface area contributed by atoms with Crippen molar-refractivity contribution in [2.24, 2.45) is 0 Å². The molecule has 8 nitrogen and oxygen atoms in total. The minimum atomic E-state index is -3.27. The number of rotatable bonds is 5. The summed E-state index contributed by atoms with van der Waals surface area (Å²) in [6, 6.07) is 15.3. The number of ether oxygens (including phenoxy) is 1. The Labute approximate surface area is 216 Å². The van der Waals surface area contributed by atoms with Crippen LogP contribution in [0.4, 0.5) is 5.69 Å². The summed E-state index contributed by atoms with van der Waals surface area (Å²) in [6.45, 7) is 3.73. The summed E-state index contributed by atoms with van der Waals surface area (Å²) < 4.78 is 33.2. The summed E-state index contributed by atoms with van der Waals surface area (Å²) in [4.78, 5) is 15.7. The SMILES string of the molecule is CC1CC(Oc2c(N3CCN(S(C)(=O)=O)CC3)cnn(-c3cccc(Cl)c3)c2=O)Cc2ccccc21. The highest BCUT2D eigenvalue weighted by atomic mass is 35.5. The third kappa shape index (κ3) is 5.00. The molecule has 0 amide bonds. The molecular formula is C26H29ClN4O4S. The molecule has 1 fully saturated rings. The lowest BCUT2D eigenvalue weighted by molar-refractivity contribution is 0.171. The van der Waals surface area contributed by atoms with Gasteiger partial charge in [-0.3, -0.25) is 4.79 Å². The number of nitrogens with zero attached hydrogens (tertiary/aromatic N) is 4. The van der Waals surface area contributed by atoms with E-state index >= 15 is 0 Å². The second kappa shape index (κ2) is 9.88. The van der Waals surface area contributed by atoms with E-state index in [9.17, 15) is 13.2 Å². The lowest BCUT2D eigenvalue weighted by Gasteiger charge is -2.36. The second-order valence-corrected chi connectivity index (χ2v) is 11.9. The number of anilines is 1. The Morgan fingerprint density at radius 3 is 2.53 bits per heavy atom. The first-order valence-electron chi connectivity index (χ1n) is 12.0. The van der Waals surface area contributed by atoms with Crippen LogP contribution in [-0.4, -0.2) is 61.0 Å². The van der Waals surface area contributed by atoms with Gasteiger partial charge in [-0.1, -0.05) is 48.9 Å². The van der Waals surface area contributed by atoms with E-state index < -0.39 is 10.0 Å². The van der Waals surface area contributed by atoms with Crippen molar-refractivity contribution in [1.29, 1.82) is 0 Å². The number of halogens is 1. The predicted molar refractivity (Wildman–Crippen MR) is 141 cm³/mol. The summed E-state index contributed by atoms with van der Waals surface area (Å²) in [5.74, 6) is 0.535. The van der Waals surface area contributed by atoms with Gasteiger partial charge in [0.2, 0.25) is 15.8 Å². The zero-order valence-corrected chi connectivity index (χ0v) is 21.9. The lowest BCUT2D eigenvalue weighted by Crippen LogP contribution is -2.49. The van der Waals surface area contributed by atoms with Crippen molar-refractivity contribution in [3.63, 3.8) is 0 Å². The van der Waals surface area contributed by atoms with Gasteiger partial charge in [0.25, 0.3) is 0 Å². The highest BCUT2D eigenvalue weighted by molar-refractivity contribution is 7.88. The Bertz CT molecular complexity index is 1430. The Hall–Kier alpha value is -2.88. The van der Waals surface area contributed by atoms with Crippen molar-refractivity contribution in [2.45, 2.75) is 31.8 Å². The molecule has 5 rings (SSSR count). The van der Waals surface area contributed by atoms with Crippen LogP contribution in [0, 0.1) is 0 Å². The van der Waals surface area contributed by atoms with E-state index in [1.807, 2.05) is 11.0 Å². The van der Waals surface area contributed by atoms with Gasteiger partial charge < -0.3 is 9.64 Å². The van der Waals surface area contributed by atoms with Gasteiger partial charge >= 0.3 is 5.56 Å². The molecule has 0 radical (unpaired) electrons. The first-order chi connectivity index (χ1) is 17.2. The van der Waals surface area contributed by atoms with Crippen LogP contribution in [0.15, 0.2) is 59.5 Å². The van der Waals surface area contributed by atoms with Crippen LogP contribution in [0.5, 0.6) is 5.75 Å². The van der Waals surface area contributed by atoms with Gasteiger partial charge in [0, 0.05) is 37.6 Å². The van der Waals surface area contributed by atoms with E-state index in [0.717, 1.165) is 6.42 Å². The summed E-state index contributed by atoms with van der Waals surface area (Å²) in [7, 11) is -3.27. The summed E-state index contributed by atoms with van der Waals surface area (Å²) in [6.07, 6.45) is 4.17. The molecule has 3 aromatic rings. The largest absolute Gasteiger partial charge is 0.483 e. The van der Waals surface area contributed by atoms with Gasteiger partial charge in [-0.05, 0) is 41.7 Å². The molecule has 0 N–H and O–H groups in total. The van der Waals surface area contributed by atoms with Crippen molar-refractivity contribution in [1.82, 2.24) is 14.1 Å². The van der Waals surface area contributed by atoms with Crippen molar-refractivity contribution in [3.8, 4) is 11.4 Å². The molecule has 1 aromatic heterocycles. The highest BCUT2D eigenvalue weighted by Gasteiger charge is 2.30. The molecule has 2 heterocycles. The van der Waals surface area contributed by atoms with Crippen LogP contribution in [0.1, 0.15) is 30.4 Å². The zero-order chi connectivity index (χ0) is 25.4. The van der Waals surface area contributed by atoms with Gasteiger partial charge in [0.1, 0.15) is 11.8 Å². The van der Waals surface area contributed by atoms with E-state index in [0.29, 0.717) is 54.9 Å². The molecule has 190 valence electrons. The minimum absolute atomic E-state index is 0.172. The Morgan fingerprint density at radius 1 is 1.06 bits per heavy atom. The predicted octanol–water partition coefficient (Wildman–Crippen LogP) is 3.46. The molecular weight excluding hydrogens is 500 g/mol. The van der Waals surface area contributed by atoms with Crippen molar-refractivity contribution in [2.75, 3.05) is 37.3 Å². The maximum atomic E-state index is 13.8. The Morgan fingerprint density at radius 2 is 1.81 bits per heavy atom. The normalized spacial score (nSPS) is 20.7. The van der Waals surface area contributed by atoms with E-state index in [1.165, 1.54) is 26.4 Å². The summed E-state index contributed by atoms with van der Waals surface area (Å²) >= 11 is 6.17. The highest BCUT2D eigenvalue weighted by Crippen LogP contribution is 2.35. The van der Waals surface area contributed by atoms with E-state index in [2.05, 4.69) is 30.2 Å². The number of piperazine rings is 1. The average Bonchev–Trinajstić information content (AvgIpc) is 2.85. The molecule has 0 spiro atoms. The molecule has 0 bridgehead atoms. The molecule has 2 atom stereocenters. The van der Waals surface area contributed by atoms with E-state index in [-0.39, 0.29) is 17.4 Å². The molecule has 2 aromatic carbocycles. The molecule has 2 aliphatic rings. The second-order valence-electron chi connectivity index (χ2n) is 9.48. The van der Waals surface area contributed by atoms with Gasteiger partial charge in [0.05, 0.1) is 18.1 Å². The molecule has 1 aliphatic heterocycles. The van der Waals surface area contributed by atoms with Crippen molar-refractivity contribution < 1.29 is 13.2 Å². The van der Waals surface area contributed by atoms with Gasteiger partial charge in [0.15, 0.2) is 0 Å². The quantitative estimate of drug-likeness (QED) is 0.504. The molecule has 1 saturated heterocycles. The van der Waals surface area contributed by atoms with E-state index in [4.69, 9.17) is 16.3 Å². The molecule has 0 saturated carbocycles. The van der Waals surface area contributed by atoms with Crippen molar-refractivity contribution >= 4 is 27.3 Å². The third-order valence-electron chi connectivity index (χ3n) is 6.95. The number of fused-ring (bicyclic) bond motifs is 1. The fourth-order valence-corrected chi connectivity index (χ4v) is 6.14. The lowest BCUT2D eigenvalue weighted by atomic mass is 9.82. The zero-order valence-electron chi connectivity index (χ0n) is 20.3. The van der Waals surface area contributed by atoms with E-state index in [1.54, 1.807) is 30.5 Å². The summed E-state index contributed by atoms with van der Waals surface area (Å²) in [5, 5.41) is 4.93. The van der Waals surface area contributed by atoms with Crippen molar-refractivity contribution in [3.05, 3.63) is 81.2 Å². The monoisotopic (exact) mass is 528 g/mol. The van der Waals surface area contributed by atoms with Crippen LogP contribution < -0.4 is 15.2 Å². The maximum absolute atomic E-state index is 13.8. The fraction of sp³-hybridized carbons (Fsp3) is 0.385. The topological polar surface area (TPSA) is 84.7 Å². The number of benzene rings is 2. The number of sulfonamides is 1. The molecule has 10 heteroatoms. The fourth-order valence-electron chi connectivity index (χ4n) is 5.12. The minimum Gasteiger partial charge on any atom is -0.483 e. The Balaban J connectivity index is 1.51. The standard InChI is InChI=1S/C26H29ClN4O4S/c1-18-14-22(15-19-6-3-4-9-23(18)19)35-25-24(29-10-12-30(13-11-29)36(2,33)34)17-28-31(26(25)32)21-8-5-7-20(27)16-21/h3-9,16-18,22H,10-15H2,1-2H3. The van der Waals surface area contributed by atoms with Crippen LogP contribution >= 0.6 is 11.6 Å². The average molecular weight is 529 g/mol. The van der Waals surface area contributed by atoms with Gasteiger partial charge in [-0.15, -0.1) is 0 Å². The molecule has 2 unspecified atom stereocenters. The molecule has 1 aliphatic carbocycles. The summed E-state index contributed by atoms with van der Waals surface area (Å²) in [5.41, 5.74) is 3.31. The maximum Gasteiger partial charge on any atom is 0.316 e. The smallest absolute Gasteiger partial charge is 0.316 e. The number of hydrogen-bond donors (Lipinski definition) is 0.